The summed E-state index contributed by atoms with van der Waals surface area (Å²) in [5.41, 5.74) is 0.384. The van der Waals surface area contributed by atoms with Crippen LogP contribution in [0.3, 0.4) is 0 Å². The van der Waals surface area contributed by atoms with Crippen LogP contribution in [0, 0.1) is 6.92 Å². The molecule has 1 aromatic rings. The van der Waals surface area contributed by atoms with Crippen LogP contribution in [-0.4, -0.2) is 22.7 Å². The van der Waals surface area contributed by atoms with E-state index in [0.717, 1.165) is 0 Å². The molecular weight excluding hydrogens is 198 g/mol. The SMILES string of the molecule is CCOC(C(=O)O)c1ccc(C)[nH]c1=O. The van der Waals surface area contributed by atoms with Gasteiger partial charge in [0.1, 0.15) is 0 Å². The number of hydrogen-bond donors (Lipinski definition) is 2. The maximum absolute atomic E-state index is 11.5. The van der Waals surface area contributed by atoms with Crippen LogP contribution in [0.5, 0.6) is 0 Å². The van der Waals surface area contributed by atoms with Crippen LogP contribution in [0.2, 0.25) is 0 Å². The van der Waals surface area contributed by atoms with Crippen LogP contribution in [0.25, 0.3) is 0 Å². The molecule has 0 saturated carbocycles. The first-order chi connectivity index (χ1) is 7.06. The average Bonchev–Trinajstić information content (AvgIpc) is 2.15. The normalized spacial score (nSPS) is 12.4. The van der Waals surface area contributed by atoms with E-state index < -0.39 is 17.6 Å². The molecule has 2 N–H and O–H groups in total. The first-order valence-electron chi connectivity index (χ1n) is 4.60. The fourth-order valence-electron chi connectivity index (χ4n) is 1.25. The zero-order valence-electron chi connectivity index (χ0n) is 8.61. The Kier molecular flexibility index (Phi) is 3.62. The monoisotopic (exact) mass is 211 g/mol. The third kappa shape index (κ3) is 2.66. The number of nitrogens with one attached hydrogen (secondary N) is 1. The van der Waals surface area contributed by atoms with Gasteiger partial charge in [0, 0.05) is 12.3 Å². The Hall–Kier alpha value is -1.62. The fraction of sp³-hybridized carbons (Fsp3) is 0.400. The molecule has 0 aromatic carbocycles. The zero-order chi connectivity index (χ0) is 11.4. The van der Waals surface area contributed by atoms with Crippen LogP contribution in [-0.2, 0) is 9.53 Å². The van der Waals surface area contributed by atoms with Crippen molar-refractivity contribution in [2.75, 3.05) is 6.61 Å². The van der Waals surface area contributed by atoms with Gasteiger partial charge in [-0.05, 0) is 26.0 Å². The van der Waals surface area contributed by atoms with Gasteiger partial charge in [-0.1, -0.05) is 0 Å². The number of aryl methyl sites for hydroxylation is 1. The molecular formula is C10H13NO4. The molecule has 1 rings (SSSR count). The number of aromatic nitrogens is 1. The molecule has 0 bridgehead atoms. The highest BCUT2D eigenvalue weighted by Gasteiger charge is 2.22. The molecule has 0 aliphatic rings. The van der Waals surface area contributed by atoms with Crippen LogP contribution < -0.4 is 5.56 Å². The highest BCUT2D eigenvalue weighted by molar-refractivity contribution is 5.74. The van der Waals surface area contributed by atoms with Crippen molar-refractivity contribution < 1.29 is 14.6 Å². The van der Waals surface area contributed by atoms with Gasteiger partial charge in [0.05, 0.1) is 5.56 Å². The topological polar surface area (TPSA) is 79.4 Å². The zero-order valence-corrected chi connectivity index (χ0v) is 8.61. The van der Waals surface area contributed by atoms with Crippen molar-refractivity contribution in [1.82, 2.24) is 4.98 Å². The van der Waals surface area contributed by atoms with Gasteiger partial charge < -0.3 is 14.8 Å². The molecule has 1 heterocycles. The van der Waals surface area contributed by atoms with Crippen molar-refractivity contribution in [2.24, 2.45) is 0 Å². The molecule has 15 heavy (non-hydrogen) atoms. The summed E-state index contributed by atoms with van der Waals surface area (Å²) in [5.74, 6) is -1.16. The molecule has 1 atom stereocenters. The second-order valence-electron chi connectivity index (χ2n) is 3.10. The highest BCUT2D eigenvalue weighted by atomic mass is 16.5. The first-order valence-corrected chi connectivity index (χ1v) is 4.60. The molecule has 0 spiro atoms. The summed E-state index contributed by atoms with van der Waals surface area (Å²) in [7, 11) is 0. The van der Waals surface area contributed by atoms with Gasteiger partial charge in [0.25, 0.3) is 5.56 Å². The molecule has 82 valence electrons. The quantitative estimate of drug-likeness (QED) is 0.773. The smallest absolute Gasteiger partial charge is 0.337 e. The van der Waals surface area contributed by atoms with E-state index in [9.17, 15) is 9.59 Å². The summed E-state index contributed by atoms with van der Waals surface area (Å²) in [6.07, 6.45) is -1.20. The lowest BCUT2D eigenvalue weighted by atomic mass is 10.1. The van der Waals surface area contributed by atoms with Crippen molar-refractivity contribution in [3.8, 4) is 0 Å². The lowest BCUT2D eigenvalue weighted by Gasteiger charge is -2.11. The van der Waals surface area contributed by atoms with Gasteiger partial charge in [-0.15, -0.1) is 0 Å². The van der Waals surface area contributed by atoms with Gasteiger partial charge in [-0.25, -0.2) is 4.79 Å². The Morgan fingerprint density at radius 1 is 1.60 bits per heavy atom. The molecule has 1 unspecified atom stereocenters. The Labute approximate surface area is 86.7 Å². The summed E-state index contributed by atoms with van der Waals surface area (Å²) < 4.78 is 4.99. The minimum atomic E-state index is -1.20. The van der Waals surface area contributed by atoms with Crippen molar-refractivity contribution in [3.63, 3.8) is 0 Å². The van der Waals surface area contributed by atoms with E-state index in [-0.39, 0.29) is 12.2 Å². The molecule has 5 nitrogen and oxygen atoms in total. The summed E-state index contributed by atoms with van der Waals surface area (Å²) in [4.78, 5) is 24.8. The van der Waals surface area contributed by atoms with Gasteiger partial charge in [0.15, 0.2) is 6.10 Å². The van der Waals surface area contributed by atoms with E-state index >= 15 is 0 Å². The van der Waals surface area contributed by atoms with Crippen molar-refractivity contribution in [3.05, 3.63) is 33.7 Å². The first kappa shape index (κ1) is 11.5. The summed E-state index contributed by atoms with van der Waals surface area (Å²) in [5, 5.41) is 8.87. The number of carboxylic acids is 1. The number of pyridine rings is 1. The van der Waals surface area contributed by atoms with Gasteiger partial charge in [0.2, 0.25) is 0 Å². The van der Waals surface area contributed by atoms with Gasteiger partial charge in [-0.3, -0.25) is 4.79 Å². The van der Waals surface area contributed by atoms with Crippen molar-refractivity contribution in [1.29, 1.82) is 0 Å². The van der Waals surface area contributed by atoms with Crippen LogP contribution >= 0.6 is 0 Å². The second kappa shape index (κ2) is 4.75. The molecule has 0 aliphatic carbocycles. The van der Waals surface area contributed by atoms with E-state index in [2.05, 4.69) is 4.98 Å². The average molecular weight is 211 g/mol. The maximum Gasteiger partial charge on any atom is 0.337 e. The number of H-pyrrole nitrogens is 1. The molecule has 0 fully saturated rings. The number of carboxylic acid groups (broad SMARTS) is 1. The molecule has 0 aliphatic heterocycles. The van der Waals surface area contributed by atoms with Crippen LogP contribution in [0.15, 0.2) is 16.9 Å². The van der Waals surface area contributed by atoms with Gasteiger partial charge >= 0.3 is 5.97 Å². The van der Waals surface area contributed by atoms with E-state index in [1.165, 1.54) is 6.07 Å². The van der Waals surface area contributed by atoms with Crippen molar-refractivity contribution in [2.45, 2.75) is 20.0 Å². The fourth-order valence-corrected chi connectivity index (χ4v) is 1.25. The minimum Gasteiger partial charge on any atom is -0.479 e. The van der Waals surface area contributed by atoms with E-state index in [1.807, 2.05) is 0 Å². The summed E-state index contributed by atoms with van der Waals surface area (Å²) >= 11 is 0. The number of aliphatic carboxylic acids is 1. The van der Waals surface area contributed by atoms with E-state index in [1.54, 1.807) is 19.9 Å². The third-order valence-electron chi connectivity index (χ3n) is 1.93. The molecule has 0 amide bonds. The summed E-state index contributed by atoms with van der Waals surface area (Å²) in [6.45, 7) is 3.64. The number of ether oxygens (including phenoxy) is 1. The Bertz CT molecular complexity index is 410. The predicted octanol–water partition coefficient (Wildman–Crippen LogP) is 0.846. The second-order valence-corrected chi connectivity index (χ2v) is 3.10. The number of hydrogen-bond acceptors (Lipinski definition) is 3. The highest BCUT2D eigenvalue weighted by Crippen LogP contribution is 2.13. The molecule has 5 heteroatoms. The Balaban J connectivity index is 3.11. The number of carbonyl (C=O) groups is 1. The lowest BCUT2D eigenvalue weighted by molar-refractivity contribution is -0.150. The number of rotatable bonds is 4. The van der Waals surface area contributed by atoms with Crippen molar-refractivity contribution >= 4 is 5.97 Å². The largest absolute Gasteiger partial charge is 0.479 e. The Morgan fingerprint density at radius 2 is 2.27 bits per heavy atom. The maximum atomic E-state index is 11.5. The van der Waals surface area contributed by atoms with Crippen LogP contribution in [0.1, 0.15) is 24.3 Å². The van der Waals surface area contributed by atoms with E-state index in [0.29, 0.717) is 5.69 Å². The third-order valence-corrected chi connectivity index (χ3v) is 1.93. The minimum absolute atomic E-state index is 0.120. The predicted molar refractivity (Wildman–Crippen MR) is 53.8 cm³/mol. The molecule has 1 aromatic heterocycles. The Morgan fingerprint density at radius 3 is 2.73 bits per heavy atom. The summed E-state index contributed by atoms with van der Waals surface area (Å²) in [6, 6.07) is 3.12. The molecule has 0 saturated heterocycles. The lowest BCUT2D eigenvalue weighted by Crippen LogP contribution is -2.24. The standard InChI is InChI=1S/C10H13NO4/c1-3-15-8(10(13)14)7-5-4-6(2)11-9(7)12/h4-5,8H,3H2,1-2H3,(H,11,12)(H,13,14). The number of aromatic amines is 1. The molecule has 0 radical (unpaired) electrons. The van der Waals surface area contributed by atoms with E-state index in [4.69, 9.17) is 9.84 Å². The van der Waals surface area contributed by atoms with Crippen LogP contribution in [0.4, 0.5) is 0 Å². The van der Waals surface area contributed by atoms with Gasteiger partial charge in [-0.2, -0.15) is 0 Å².